The van der Waals surface area contributed by atoms with E-state index in [1.54, 1.807) is 6.07 Å². The first kappa shape index (κ1) is 22.5. The predicted octanol–water partition coefficient (Wildman–Crippen LogP) is 2.49. The monoisotopic (exact) mass is 416 g/mol. The molecule has 0 aromatic heterocycles. The first-order valence-electron chi connectivity index (χ1n) is 9.12. The van der Waals surface area contributed by atoms with E-state index < -0.39 is 18.6 Å². The largest absolute Gasteiger partial charge is 0.480 e. The fourth-order valence-corrected chi connectivity index (χ4v) is 4.30. The van der Waals surface area contributed by atoms with Crippen LogP contribution in [0.25, 0.3) is 0 Å². The molecule has 0 aliphatic heterocycles. The standard InChI is InChI=1S/C18H27BCl2N2O4/c1-23(10-13-3-5-15(20)16(21)8-13)11-14-4-2-12(6-7-19(26)27)9-18(14,22)17(24)25/h3,5,8,12,14,26-27H,2,4,6-7,9-11,22H2,1H3,(H,24,25)/t12-,14?,18+/m0/s1. The summed E-state index contributed by atoms with van der Waals surface area (Å²) in [5, 5.41) is 28.9. The number of aliphatic carboxylic acids is 1. The Hall–Kier alpha value is -0.825. The molecule has 0 bridgehead atoms. The Labute approximate surface area is 170 Å². The molecule has 1 aliphatic carbocycles. The molecular formula is C18H27BCl2N2O4. The highest BCUT2D eigenvalue weighted by Gasteiger charge is 2.47. The predicted molar refractivity (Wildman–Crippen MR) is 108 cm³/mol. The van der Waals surface area contributed by atoms with Gasteiger partial charge in [-0.25, -0.2) is 0 Å². The number of halogens is 2. The summed E-state index contributed by atoms with van der Waals surface area (Å²) in [4.78, 5) is 14.0. The van der Waals surface area contributed by atoms with Crippen molar-refractivity contribution in [3.05, 3.63) is 33.8 Å². The third-order valence-corrected chi connectivity index (χ3v) is 6.22. The van der Waals surface area contributed by atoms with Crippen molar-refractivity contribution in [2.75, 3.05) is 13.6 Å². The molecule has 27 heavy (non-hydrogen) atoms. The fourth-order valence-electron chi connectivity index (χ4n) is 3.98. The molecular weight excluding hydrogens is 390 g/mol. The van der Waals surface area contributed by atoms with Crippen LogP contribution in [0.5, 0.6) is 0 Å². The van der Waals surface area contributed by atoms with Gasteiger partial charge in [0.05, 0.1) is 10.0 Å². The van der Waals surface area contributed by atoms with Crippen LogP contribution in [0.15, 0.2) is 18.2 Å². The minimum atomic E-state index is -1.36. The first-order chi connectivity index (χ1) is 12.6. The van der Waals surface area contributed by atoms with Gasteiger partial charge in [-0.1, -0.05) is 35.7 Å². The lowest BCUT2D eigenvalue weighted by atomic mass is 9.66. The van der Waals surface area contributed by atoms with E-state index in [-0.39, 0.29) is 18.2 Å². The van der Waals surface area contributed by atoms with Crippen molar-refractivity contribution < 1.29 is 19.9 Å². The fraction of sp³-hybridized carbons (Fsp3) is 0.611. The molecule has 1 unspecified atom stereocenters. The van der Waals surface area contributed by atoms with Crippen LogP contribution in [-0.2, 0) is 11.3 Å². The Kier molecular flexibility index (Phi) is 7.98. The van der Waals surface area contributed by atoms with E-state index in [2.05, 4.69) is 0 Å². The number of nitrogens with zero attached hydrogens (tertiary/aromatic N) is 1. The van der Waals surface area contributed by atoms with Crippen molar-refractivity contribution in [2.24, 2.45) is 17.6 Å². The molecule has 1 fully saturated rings. The molecule has 150 valence electrons. The average molecular weight is 417 g/mol. The molecule has 1 aromatic rings. The normalized spacial score (nSPS) is 25.6. The number of hydrogen-bond donors (Lipinski definition) is 4. The van der Waals surface area contributed by atoms with Gasteiger partial charge < -0.3 is 25.8 Å². The highest BCUT2D eigenvalue weighted by atomic mass is 35.5. The second-order valence-corrected chi connectivity index (χ2v) is 8.51. The number of hydrogen-bond acceptors (Lipinski definition) is 5. The van der Waals surface area contributed by atoms with Crippen molar-refractivity contribution in [3.63, 3.8) is 0 Å². The van der Waals surface area contributed by atoms with Crippen LogP contribution < -0.4 is 5.73 Å². The Morgan fingerprint density at radius 1 is 1.33 bits per heavy atom. The second-order valence-electron chi connectivity index (χ2n) is 7.69. The van der Waals surface area contributed by atoms with Crippen molar-refractivity contribution in [1.29, 1.82) is 0 Å². The maximum absolute atomic E-state index is 11.9. The summed E-state index contributed by atoms with van der Waals surface area (Å²) < 4.78 is 0. The smallest absolute Gasteiger partial charge is 0.451 e. The van der Waals surface area contributed by atoms with Gasteiger partial charge in [0.25, 0.3) is 0 Å². The van der Waals surface area contributed by atoms with Crippen LogP contribution >= 0.6 is 23.2 Å². The summed E-state index contributed by atoms with van der Waals surface area (Å²) in [6, 6.07) is 5.46. The second kappa shape index (κ2) is 9.59. The van der Waals surface area contributed by atoms with E-state index in [0.29, 0.717) is 42.4 Å². The van der Waals surface area contributed by atoms with Crippen molar-refractivity contribution in [1.82, 2.24) is 4.90 Å². The van der Waals surface area contributed by atoms with Crippen LogP contribution in [0.1, 0.15) is 31.2 Å². The van der Waals surface area contributed by atoms with Gasteiger partial charge in [-0.3, -0.25) is 4.79 Å². The van der Waals surface area contributed by atoms with Crippen LogP contribution in [0.3, 0.4) is 0 Å². The molecule has 1 aliphatic rings. The molecule has 0 amide bonds. The lowest BCUT2D eigenvalue weighted by molar-refractivity contribution is -0.148. The maximum atomic E-state index is 11.9. The minimum Gasteiger partial charge on any atom is -0.480 e. The van der Waals surface area contributed by atoms with Gasteiger partial charge in [0, 0.05) is 19.0 Å². The van der Waals surface area contributed by atoms with E-state index in [9.17, 15) is 9.90 Å². The summed E-state index contributed by atoms with van der Waals surface area (Å²) in [6.07, 6.45) is 2.68. The zero-order chi connectivity index (χ0) is 20.2. The van der Waals surface area contributed by atoms with E-state index >= 15 is 0 Å². The molecule has 0 radical (unpaired) electrons. The first-order valence-corrected chi connectivity index (χ1v) is 9.88. The zero-order valence-corrected chi connectivity index (χ0v) is 17.0. The van der Waals surface area contributed by atoms with Gasteiger partial charge in [-0.2, -0.15) is 0 Å². The van der Waals surface area contributed by atoms with E-state index in [0.717, 1.165) is 12.0 Å². The Balaban J connectivity index is 2.00. The number of carboxylic acids is 1. The third kappa shape index (κ3) is 6.08. The van der Waals surface area contributed by atoms with Crippen LogP contribution in [0, 0.1) is 11.8 Å². The Morgan fingerprint density at radius 2 is 2.04 bits per heavy atom. The summed E-state index contributed by atoms with van der Waals surface area (Å²) in [5.41, 5.74) is 6.02. The summed E-state index contributed by atoms with van der Waals surface area (Å²) >= 11 is 12.0. The Bertz CT molecular complexity index is 664. The van der Waals surface area contributed by atoms with Crippen molar-refractivity contribution >= 4 is 36.3 Å². The summed E-state index contributed by atoms with van der Waals surface area (Å²) in [5.74, 6) is -1.09. The molecule has 1 saturated carbocycles. The average Bonchev–Trinajstić information content (AvgIpc) is 2.58. The van der Waals surface area contributed by atoms with E-state index in [1.165, 1.54) is 0 Å². The third-order valence-electron chi connectivity index (χ3n) is 5.48. The quantitative estimate of drug-likeness (QED) is 0.485. The zero-order valence-electron chi connectivity index (χ0n) is 15.4. The molecule has 9 heteroatoms. The van der Waals surface area contributed by atoms with Crippen LogP contribution in [0.2, 0.25) is 16.4 Å². The van der Waals surface area contributed by atoms with Crippen molar-refractivity contribution in [2.45, 2.75) is 44.1 Å². The molecule has 3 atom stereocenters. The van der Waals surface area contributed by atoms with Gasteiger partial charge in [0.1, 0.15) is 5.54 Å². The number of benzene rings is 1. The molecule has 2 rings (SSSR count). The molecule has 0 spiro atoms. The highest BCUT2D eigenvalue weighted by molar-refractivity contribution is 6.42. The lowest BCUT2D eigenvalue weighted by Gasteiger charge is -2.43. The van der Waals surface area contributed by atoms with Crippen LogP contribution in [-0.4, -0.2) is 52.3 Å². The SMILES string of the molecule is CN(Cc1ccc(Cl)c(Cl)c1)CC1CC[C@@H](CCB(O)O)C[C@]1(N)C(=O)O. The van der Waals surface area contributed by atoms with Gasteiger partial charge in [-0.05, 0) is 56.2 Å². The highest BCUT2D eigenvalue weighted by Crippen LogP contribution is 2.38. The van der Waals surface area contributed by atoms with Crippen molar-refractivity contribution in [3.8, 4) is 0 Å². The van der Waals surface area contributed by atoms with Gasteiger partial charge >= 0.3 is 13.1 Å². The minimum absolute atomic E-state index is 0.0875. The maximum Gasteiger partial charge on any atom is 0.451 e. The van der Waals surface area contributed by atoms with Gasteiger partial charge in [0.2, 0.25) is 0 Å². The molecule has 5 N–H and O–H groups in total. The molecule has 0 saturated heterocycles. The van der Waals surface area contributed by atoms with Gasteiger partial charge in [-0.15, -0.1) is 0 Å². The number of rotatable bonds is 8. The molecule has 0 heterocycles. The number of carboxylic acid groups (broad SMARTS) is 1. The van der Waals surface area contributed by atoms with E-state index in [4.69, 9.17) is 39.0 Å². The summed E-state index contributed by atoms with van der Waals surface area (Å²) in [6.45, 7) is 1.17. The van der Waals surface area contributed by atoms with E-state index in [1.807, 2.05) is 24.1 Å². The Morgan fingerprint density at radius 3 is 2.63 bits per heavy atom. The van der Waals surface area contributed by atoms with Crippen LogP contribution in [0.4, 0.5) is 0 Å². The number of carbonyl (C=O) groups is 1. The lowest BCUT2D eigenvalue weighted by Crippen LogP contribution is -2.59. The molecule has 6 nitrogen and oxygen atoms in total. The number of nitrogens with two attached hydrogens (primary N) is 1. The topological polar surface area (TPSA) is 107 Å². The van der Waals surface area contributed by atoms with Gasteiger partial charge in [0.15, 0.2) is 0 Å². The summed E-state index contributed by atoms with van der Waals surface area (Å²) in [7, 11) is 0.566. The molecule has 1 aromatic carbocycles.